The van der Waals surface area contributed by atoms with Gasteiger partial charge in [0.05, 0.1) is 11.5 Å². The van der Waals surface area contributed by atoms with Crippen molar-refractivity contribution in [1.29, 1.82) is 5.26 Å². The molecule has 0 aliphatic heterocycles. The Kier molecular flexibility index (Phi) is 2.43. The molecule has 0 aromatic carbocycles. The van der Waals surface area contributed by atoms with Crippen LogP contribution in [0.25, 0.3) is 0 Å². The molecule has 4 bridgehead atoms. The first kappa shape index (κ1) is 11.7. The van der Waals surface area contributed by atoms with Crippen molar-refractivity contribution >= 4 is 5.78 Å². The Morgan fingerprint density at radius 2 is 1.74 bits per heavy atom. The van der Waals surface area contributed by atoms with Gasteiger partial charge in [-0.05, 0) is 74.2 Å². The van der Waals surface area contributed by atoms with Crippen molar-refractivity contribution in [2.45, 2.75) is 44.9 Å². The van der Waals surface area contributed by atoms with E-state index in [1.54, 1.807) is 6.08 Å². The minimum atomic E-state index is -0.323. The number of carbonyl (C=O) groups is 1. The number of nitriles is 1. The minimum absolute atomic E-state index is 0.203. The van der Waals surface area contributed by atoms with Gasteiger partial charge in [0.25, 0.3) is 0 Å². The van der Waals surface area contributed by atoms with Crippen molar-refractivity contribution in [2.75, 3.05) is 0 Å². The van der Waals surface area contributed by atoms with Crippen LogP contribution in [0.15, 0.2) is 12.2 Å². The second kappa shape index (κ2) is 3.95. The third-order valence-corrected chi connectivity index (χ3v) is 6.38. The van der Waals surface area contributed by atoms with Gasteiger partial charge in [0.1, 0.15) is 0 Å². The number of ketones is 1. The molecule has 2 nitrogen and oxygen atoms in total. The SMILES string of the molecule is N#CC1(C2C3CC4CC(C3)CC2C4)C=CC(=O)CC1. The predicted octanol–water partition coefficient (Wildman–Crippen LogP) is 3.49. The zero-order valence-electron chi connectivity index (χ0n) is 11.3. The van der Waals surface area contributed by atoms with Crippen LogP contribution in [0, 0.1) is 46.3 Å². The average Bonchev–Trinajstić information content (AvgIpc) is 2.40. The molecule has 0 N–H and O–H groups in total. The van der Waals surface area contributed by atoms with Crippen LogP contribution >= 0.6 is 0 Å². The maximum absolute atomic E-state index is 11.5. The van der Waals surface area contributed by atoms with Gasteiger partial charge < -0.3 is 0 Å². The van der Waals surface area contributed by atoms with E-state index in [0.29, 0.717) is 12.3 Å². The fourth-order valence-corrected chi connectivity index (χ4v) is 5.95. The Hall–Kier alpha value is -1.10. The molecule has 2 heteroatoms. The maximum atomic E-state index is 11.5. The summed E-state index contributed by atoms with van der Waals surface area (Å²) in [6.45, 7) is 0. The molecular weight excluding hydrogens is 234 g/mol. The molecule has 4 fully saturated rings. The van der Waals surface area contributed by atoms with Crippen molar-refractivity contribution in [2.24, 2.45) is 35.0 Å². The lowest BCUT2D eigenvalue weighted by Gasteiger charge is -2.58. The number of rotatable bonds is 1. The molecule has 0 aromatic heterocycles. The monoisotopic (exact) mass is 255 g/mol. The summed E-state index contributed by atoms with van der Waals surface area (Å²) in [5, 5.41) is 9.80. The van der Waals surface area contributed by atoms with Crippen LogP contribution in [0.2, 0.25) is 0 Å². The van der Waals surface area contributed by atoms with E-state index in [-0.39, 0.29) is 11.2 Å². The standard InChI is InChI=1S/C17H21NO/c18-10-17(3-1-15(19)2-4-17)16-13-6-11-5-12(8-13)9-14(16)7-11/h1,3,11-14,16H,2,4-9H2. The van der Waals surface area contributed by atoms with Gasteiger partial charge in [-0.2, -0.15) is 5.26 Å². The summed E-state index contributed by atoms with van der Waals surface area (Å²) in [4.78, 5) is 11.5. The van der Waals surface area contributed by atoms with Gasteiger partial charge in [-0.25, -0.2) is 0 Å². The van der Waals surface area contributed by atoms with Crippen LogP contribution in [0.5, 0.6) is 0 Å². The molecule has 1 unspecified atom stereocenters. The Morgan fingerprint density at radius 3 is 2.21 bits per heavy atom. The highest BCUT2D eigenvalue weighted by Gasteiger charge is 2.55. The smallest absolute Gasteiger partial charge is 0.155 e. The topological polar surface area (TPSA) is 40.9 Å². The van der Waals surface area contributed by atoms with E-state index >= 15 is 0 Å². The molecule has 19 heavy (non-hydrogen) atoms. The number of hydrogen-bond donors (Lipinski definition) is 0. The van der Waals surface area contributed by atoms with Crippen molar-refractivity contribution in [1.82, 2.24) is 0 Å². The first-order valence-corrected chi connectivity index (χ1v) is 7.83. The normalized spacial score (nSPS) is 51.3. The molecule has 4 saturated carbocycles. The average molecular weight is 255 g/mol. The summed E-state index contributed by atoms with van der Waals surface area (Å²) >= 11 is 0. The lowest BCUT2D eigenvalue weighted by atomic mass is 9.46. The minimum Gasteiger partial charge on any atom is -0.295 e. The fraction of sp³-hybridized carbons (Fsp3) is 0.765. The van der Waals surface area contributed by atoms with E-state index in [0.717, 1.165) is 30.1 Å². The molecule has 5 rings (SSSR count). The van der Waals surface area contributed by atoms with Gasteiger partial charge in [-0.15, -0.1) is 0 Å². The van der Waals surface area contributed by atoms with E-state index in [1.807, 2.05) is 6.08 Å². The third kappa shape index (κ3) is 1.64. The zero-order chi connectivity index (χ0) is 13.0. The van der Waals surface area contributed by atoms with Crippen LogP contribution in [0.3, 0.4) is 0 Å². The van der Waals surface area contributed by atoms with Crippen molar-refractivity contribution in [3.05, 3.63) is 12.2 Å². The largest absolute Gasteiger partial charge is 0.295 e. The van der Waals surface area contributed by atoms with Gasteiger partial charge >= 0.3 is 0 Å². The number of allylic oxidation sites excluding steroid dienone is 2. The van der Waals surface area contributed by atoms with E-state index < -0.39 is 0 Å². The molecule has 0 spiro atoms. The molecule has 1 atom stereocenters. The van der Waals surface area contributed by atoms with Crippen molar-refractivity contribution in [3.8, 4) is 6.07 Å². The highest BCUT2D eigenvalue weighted by molar-refractivity contribution is 5.90. The third-order valence-electron chi connectivity index (χ3n) is 6.38. The lowest BCUT2D eigenvalue weighted by molar-refractivity contribution is -0.117. The second-order valence-corrected chi connectivity index (χ2v) is 7.41. The van der Waals surface area contributed by atoms with Gasteiger partial charge in [0.2, 0.25) is 0 Å². The van der Waals surface area contributed by atoms with Gasteiger partial charge in [0.15, 0.2) is 5.78 Å². The Bertz CT molecular complexity index is 458. The fourth-order valence-electron chi connectivity index (χ4n) is 5.95. The number of carbonyl (C=O) groups excluding carboxylic acids is 1. The van der Waals surface area contributed by atoms with Crippen LogP contribution < -0.4 is 0 Å². The Labute approximate surface area is 114 Å². The van der Waals surface area contributed by atoms with Crippen LogP contribution in [-0.4, -0.2) is 5.78 Å². The summed E-state index contributed by atoms with van der Waals surface area (Å²) in [6, 6.07) is 2.63. The van der Waals surface area contributed by atoms with Gasteiger partial charge in [-0.1, -0.05) is 6.08 Å². The molecule has 5 aliphatic carbocycles. The summed E-state index contributed by atoms with van der Waals surface area (Å²) in [7, 11) is 0. The number of hydrogen-bond acceptors (Lipinski definition) is 2. The Morgan fingerprint density at radius 1 is 1.11 bits per heavy atom. The summed E-state index contributed by atoms with van der Waals surface area (Å²) in [5.74, 6) is 4.15. The Balaban J connectivity index is 1.70. The van der Waals surface area contributed by atoms with Crippen molar-refractivity contribution < 1.29 is 4.79 Å². The van der Waals surface area contributed by atoms with Crippen molar-refractivity contribution in [3.63, 3.8) is 0 Å². The molecular formula is C17H21NO. The highest BCUT2D eigenvalue weighted by atomic mass is 16.1. The first-order valence-electron chi connectivity index (χ1n) is 7.83. The van der Waals surface area contributed by atoms with Gasteiger partial charge in [-0.3, -0.25) is 4.79 Å². The summed E-state index contributed by atoms with van der Waals surface area (Å²) in [5.41, 5.74) is -0.323. The lowest BCUT2D eigenvalue weighted by Crippen LogP contribution is -2.51. The summed E-state index contributed by atoms with van der Waals surface area (Å²) in [6.07, 6.45) is 11.9. The van der Waals surface area contributed by atoms with Crippen LogP contribution in [-0.2, 0) is 4.79 Å². The molecule has 5 aliphatic rings. The molecule has 100 valence electrons. The second-order valence-electron chi connectivity index (χ2n) is 7.41. The zero-order valence-corrected chi connectivity index (χ0v) is 11.3. The van der Waals surface area contributed by atoms with E-state index in [1.165, 1.54) is 32.1 Å². The number of nitrogens with zero attached hydrogens (tertiary/aromatic N) is 1. The molecule has 0 amide bonds. The molecule has 0 radical (unpaired) electrons. The molecule has 0 aromatic rings. The maximum Gasteiger partial charge on any atom is 0.155 e. The van der Waals surface area contributed by atoms with E-state index in [4.69, 9.17) is 0 Å². The molecule has 0 saturated heterocycles. The van der Waals surface area contributed by atoms with E-state index in [2.05, 4.69) is 6.07 Å². The quantitative estimate of drug-likeness (QED) is 0.719. The van der Waals surface area contributed by atoms with Crippen LogP contribution in [0.4, 0.5) is 0 Å². The van der Waals surface area contributed by atoms with E-state index in [9.17, 15) is 10.1 Å². The first-order chi connectivity index (χ1) is 9.20. The van der Waals surface area contributed by atoms with Gasteiger partial charge in [0, 0.05) is 6.42 Å². The predicted molar refractivity (Wildman–Crippen MR) is 72.0 cm³/mol. The summed E-state index contributed by atoms with van der Waals surface area (Å²) < 4.78 is 0. The van der Waals surface area contributed by atoms with Crippen LogP contribution in [0.1, 0.15) is 44.9 Å². The molecule has 0 heterocycles. The highest BCUT2D eigenvalue weighted by Crippen LogP contribution is 2.62.